The van der Waals surface area contributed by atoms with Crippen LogP contribution >= 0.6 is 11.8 Å². The number of hydrogen-bond donors (Lipinski definition) is 2. The predicted octanol–water partition coefficient (Wildman–Crippen LogP) is 3.47. The van der Waals surface area contributed by atoms with E-state index in [-0.39, 0.29) is 16.3 Å². The normalized spacial score (nSPS) is 20.3. The quantitative estimate of drug-likeness (QED) is 0.701. The number of nitrogens with two attached hydrogens (primary N) is 1. The van der Waals surface area contributed by atoms with Gasteiger partial charge in [-0.3, -0.25) is 14.5 Å². The maximum absolute atomic E-state index is 14.9. The van der Waals surface area contributed by atoms with E-state index >= 15 is 0 Å². The van der Waals surface area contributed by atoms with Gasteiger partial charge in [0.15, 0.2) is 0 Å². The number of amides is 2. The van der Waals surface area contributed by atoms with Gasteiger partial charge in [-0.15, -0.1) is 0 Å². The standard InChI is InChI=1S/C21H18F3N3O3S/c1-10-8-11(2)16-14(9-10)31-19-15(17(25)28)18(29)26-20(27(16)19,21(22,23)24)12-4-6-13(30-3)7-5-12/h4-9H,1-3H3,(H2,25,28)(H,26,29)/t20-/m0/s1. The Hall–Kier alpha value is -3.14. The van der Waals surface area contributed by atoms with Crippen LogP contribution < -0.4 is 20.7 Å². The Morgan fingerprint density at radius 2 is 1.84 bits per heavy atom. The average Bonchev–Trinajstić information content (AvgIpc) is 3.05. The van der Waals surface area contributed by atoms with Gasteiger partial charge in [-0.1, -0.05) is 30.0 Å². The van der Waals surface area contributed by atoms with Gasteiger partial charge in [-0.2, -0.15) is 13.2 Å². The number of hydrogen-bond acceptors (Lipinski definition) is 5. The first-order valence-corrected chi connectivity index (χ1v) is 10.00. The minimum Gasteiger partial charge on any atom is -0.497 e. The zero-order valence-electron chi connectivity index (χ0n) is 16.8. The molecule has 2 heterocycles. The summed E-state index contributed by atoms with van der Waals surface area (Å²) < 4.78 is 49.7. The molecule has 0 saturated carbocycles. The molecule has 2 aromatic carbocycles. The van der Waals surface area contributed by atoms with Gasteiger partial charge >= 0.3 is 6.18 Å². The topological polar surface area (TPSA) is 84.7 Å². The number of anilines is 1. The summed E-state index contributed by atoms with van der Waals surface area (Å²) in [6.07, 6.45) is -4.95. The summed E-state index contributed by atoms with van der Waals surface area (Å²) >= 11 is 0.929. The zero-order valence-corrected chi connectivity index (χ0v) is 17.6. The number of aryl methyl sites for hydroxylation is 2. The first-order chi connectivity index (χ1) is 14.5. The van der Waals surface area contributed by atoms with Crippen molar-refractivity contribution in [2.24, 2.45) is 5.73 Å². The third-order valence-corrected chi connectivity index (χ3v) is 6.39. The fourth-order valence-corrected chi connectivity index (χ4v) is 5.43. The van der Waals surface area contributed by atoms with Crippen molar-refractivity contribution in [3.8, 4) is 5.75 Å². The summed E-state index contributed by atoms with van der Waals surface area (Å²) in [5.41, 5.74) is 3.38. The van der Waals surface area contributed by atoms with Crippen molar-refractivity contribution in [1.29, 1.82) is 0 Å². The number of fused-ring (bicyclic) bond motifs is 3. The number of benzene rings is 2. The molecule has 0 spiro atoms. The Kier molecular flexibility index (Phi) is 4.73. The van der Waals surface area contributed by atoms with Crippen molar-refractivity contribution in [1.82, 2.24) is 5.32 Å². The minimum atomic E-state index is -4.95. The third kappa shape index (κ3) is 2.96. The lowest BCUT2D eigenvalue weighted by Gasteiger charge is -2.48. The third-order valence-electron chi connectivity index (χ3n) is 5.28. The van der Waals surface area contributed by atoms with Crippen LogP contribution in [0.15, 0.2) is 51.9 Å². The van der Waals surface area contributed by atoms with Gasteiger partial charge in [0.05, 0.1) is 12.8 Å². The van der Waals surface area contributed by atoms with Gasteiger partial charge in [0.2, 0.25) is 5.66 Å². The van der Waals surface area contributed by atoms with Crippen molar-refractivity contribution in [2.75, 3.05) is 12.0 Å². The summed E-state index contributed by atoms with van der Waals surface area (Å²) in [4.78, 5) is 26.3. The molecule has 4 rings (SSSR count). The van der Waals surface area contributed by atoms with Crippen LogP contribution in [-0.2, 0) is 15.3 Å². The molecular formula is C21H18F3N3O3S. The Labute approximate surface area is 180 Å². The van der Waals surface area contributed by atoms with Gasteiger partial charge in [-0.05, 0) is 43.2 Å². The molecule has 1 atom stereocenters. The first-order valence-electron chi connectivity index (χ1n) is 9.18. The van der Waals surface area contributed by atoms with Gasteiger partial charge in [0, 0.05) is 10.5 Å². The van der Waals surface area contributed by atoms with E-state index in [1.54, 1.807) is 19.1 Å². The molecule has 0 aromatic heterocycles. The highest BCUT2D eigenvalue weighted by molar-refractivity contribution is 8.03. The predicted molar refractivity (Wildman–Crippen MR) is 109 cm³/mol. The number of nitrogens with one attached hydrogen (secondary N) is 1. The minimum absolute atomic E-state index is 0.145. The maximum Gasteiger partial charge on any atom is 0.435 e. The lowest BCUT2D eigenvalue weighted by Crippen LogP contribution is -2.69. The van der Waals surface area contributed by atoms with Crippen LogP contribution in [0.5, 0.6) is 5.75 Å². The van der Waals surface area contributed by atoms with E-state index in [9.17, 15) is 22.8 Å². The zero-order chi connectivity index (χ0) is 22.7. The number of ether oxygens (including phenoxy) is 1. The van der Waals surface area contributed by atoms with Crippen LogP contribution in [-0.4, -0.2) is 25.1 Å². The highest BCUT2D eigenvalue weighted by Gasteiger charge is 2.66. The lowest BCUT2D eigenvalue weighted by molar-refractivity contribution is -0.201. The molecule has 2 aromatic rings. The summed E-state index contributed by atoms with van der Waals surface area (Å²) in [6, 6.07) is 8.72. The SMILES string of the molecule is COc1ccc([C@]2(C(F)(F)F)NC(=O)C(C(N)=O)=C3Sc4cc(C)cc(C)c4N32)cc1. The Balaban J connectivity index is 2.10. The molecule has 0 radical (unpaired) electrons. The van der Waals surface area contributed by atoms with E-state index < -0.39 is 29.2 Å². The molecule has 162 valence electrons. The van der Waals surface area contributed by atoms with Crippen molar-refractivity contribution in [3.63, 3.8) is 0 Å². The highest BCUT2D eigenvalue weighted by atomic mass is 32.2. The second-order valence-corrected chi connectivity index (χ2v) is 8.33. The lowest BCUT2D eigenvalue weighted by atomic mass is 9.91. The molecule has 2 amide bonds. The molecule has 31 heavy (non-hydrogen) atoms. The Morgan fingerprint density at radius 1 is 1.19 bits per heavy atom. The number of alkyl halides is 3. The van der Waals surface area contributed by atoms with Crippen LogP contribution in [0.2, 0.25) is 0 Å². The van der Waals surface area contributed by atoms with Gasteiger partial charge < -0.3 is 15.8 Å². The van der Waals surface area contributed by atoms with Crippen molar-refractivity contribution < 1.29 is 27.5 Å². The van der Waals surface area contributed by atoms with Gasteiger partial charge in [0.25, 0.3) is 11.8 Å². The largest absolute Gasteiger partial charge is 0.497 e. The number of carbonyl (C=O) groups excluding carboxylic acids is 2. The fourth-order valence-electron chi connectivity index (χ4n) is 4.01. The smallest absolute Gasteiger partial charge is 0.435 e. The van der Waals surface area contributed by atoms with Crippen molar-refractivity contribution >= 4 is 29.3 Å². The number of thioether (sulfide) groups is 1. The van der Waals surface area contributed by atoms with Crippen molar-refractivity contribution in [2.45, 2.75) is 30.6 Å². The highest BCUT2D eigenvalue weighted by Crippen LogP contribution is 2.59. The van der Waals surface area contributed by atoms with Crippen LogP contribution in [0.1, 0.15) is 16.7 Å². The molecule has 10 heteroatoms. The summed E-state index contributed by atoms with van der Waals surface area (Å²) in [5.74, 6) is -1.92. The van der Waals surface area contributed by atoms with E-state index in [1.807, 2.05) is 6.92 Å². The second kappa shape index (κ2) is 6.94. The van der Waals surface area contributed by atoms with E-state index in [1.165, 1.54) is 31.4 Å². The van der Waals surface area contributed by atoms with Crippen LogP contribution in [0.3, 0.4) is 0 Å². The first kappa shape index (κ1) is 21.1. The monoisotopic (exact) mass is 449 g/mol. The Morgan fingerprint density at radius 3 is 2.39 bits per heavy atom. The molecule has 6 nitrogen and oxygen atoms in total. The molecule has 2 aliphatic rings. The number of rotatable bonds is 3. The maximum atomic E-state index is 14.9. The number of carbonyl (C=O) groups is 2. The summed E-state index contributed by atoms with van der Waals surface area (Å²) in [5, 5.41) is 1.91. The number of primary amides is 1. The number of nitrogens with zero attached hydrogens (tertiary/aromatic N) is 1. The van der Waals surface area contributed by atoms with Gasteiger partial charge in [0.1, 0.15) is 16.4 Å². The van der Waals surface area contributed by atoms with Crippen molar-refractivity contribution in [3.05, 3.63) is 63.7 Å². The second-order valence-electron chi connectivity index (χ2n) is 7.30. The molecule has 0 saturated heterocycles. The van der Waals surface area contributed by atoms with E-state index in [2.05, 4.69) is 5.32 Å². The molecule has 0 aliphatic carbocycles. The van der Waals surface area contributed by atoms with E-state index in [0.29, 0.717) is 16.2 Å². The van der Waals surface area contributed by atoms with Crippen LogP contribution in [0, 0.1) is 13.8 Å². The number of methoxy groups -OCH3 is 1. The molecule has 0 unspecified atom stereocenters. The van der Waals surface area contributed by atoms with E-state index in [0.717, 1.165) is 22.2 Å². The summed E-state index contributed by atoms with van der Waals surface area (Å²) in [6.45, 7) is 3.50. The number of halogens is 3. The Bertz CT molecular complexity index is 1150. The molecular weight excluding hydrogens is 431 g/mol. The summed E-state index contributed by atoms with van der Waals surface area (Å²) in [7, 11) is 1.40. The van der Waals surface area contributed by atoms with Crippen LogP contribution in [0.25, 0.3) is 0 Å². The molecule has 2 aliphatic heterocycles. The fraction of sp³-hybridized carbons (Fsp3) is 0.238. The van der Waals surface area contributed by atoms with Crippen LogP contribution in [0.4, 0.5) is 18.9 Å². The molecule has 0 fully saturated rings. The molecule has 0 bridgehead atoms. The molecule has 3 N–H and O–H groups in total. The van der Waals surface area contributed by atoms with Gasteiger partial charge in [-0.25, -0.2) is 0 Å². The van der Waals surface area contributed by atoms with E-state index in [4.69, 9.17) is 10.5 Å². The average molecular weight is 449 g/mol.